The highest BCUT2D eigenvalue weighted by Crippen LogP contribution is 2.35. The van der Waals surface area contributed by atoms with Crippen LogP contribution in [0.1, 0.15) is 62.5 Å². The number of allylic oxidation sites excluding steroid dienone is 4. The average Bonchev–Trinajstić information content (AvgIpc) is 3.35. The number of hydrogen-bond acceptors (Lipinski definition) is 4. The second-order valence-electron chi connectivity index (χ2n) is 9.16. The highest BCUT2D eigenvalue weighted by Gasteiger charge is 2.32. The molecule has 1 saturated heterocycles. The first-order valence-electron chi connectivity index (χ1n) is 12.3. The summed E-state index contributed by atoms with van der Waals surface area (Å²) in [6.07, 6.45) is 10.9. The molecular weight excluding hydrogens is 514 g/mol. The van der Waals surface area contributed by atoms with Crippen LogP contribution in [0.4, 0.5) is 5.69 Å². The third-order valence-corrected chi connectivity index (χ3v) is 8.55. The van der Waals surface area contributed by atoms with Gasteiger partial charge < -0.3 is 10.6 Å². The van der Waals surface area contributed by atoms with Gasteiger partial charge in [-0.2, -0.15) is 0 Å². The monoisotopic (exact) mass is 551 g/mol. The van der Waals surface area contributed by atoms with E-state index >= 15 is 0 Å². The maximum absolute atomic E-state index is 4.31. The summed E-state index contributed by atoms with van der Waals surface area (Å²) in [5, 5.41) is 8.84. The Morgan fingerprint density at radius 2 is 1.74 bits per heavy atom. The van der Waals surface area contributed by atoms with Crippen LogP contribution >= 0.6 is 27.3 Å². The van der Waals surface area contributed by atoms with E-state index in [2.05, 4.69) is 101 Å². The Bertz CT molecular complexity index is 1100. The van der Waals surface area contributed by atoms with Crippen molar-refractivity contribution in [2.75, 3.05) is 18.4 Å². The van der Waals surface area contributed by atoms with Gasteiger partial charge in [-0.25, -0.2) is 0 Å². The third-order valence-electron chi connectivity index (χ3n) is 6.85. The number of thiophene rings is 1. The van der Waals surface area contributed by atoms with Gasteiger partial charge >= 0.3 is 0 Å². The largest absolute Gasteiger partial charge is 0.355 e. The molecule has 0 bridgehead atoms. The Kier molecular flexibility index (Phi) is 9.79. The van der Waals surface area contributed by atoms with Crippen LogP contribution in [0, 0.1) is 0 Å². The van der Waals surface area contributed by atoms with E-state index in [4.69, 9.17) is 0 Å². The van der Waals surface area contributed by atoms with E-state index in [1.54, 1.807) is 11.3 Å². The molecule has 2 aromatic rings. The molecule has 1 aliphatic rings. The van der Waals surface area contributed by atoms with E-state index in [0.717, 1.165) is 44.1 Å². The minimum absolute atomic E-state index is 0.0804. The highest BCUT2D eigenvalue weighted by molar-refractivity contribution is 9.11. The number of likely N-dealkylation sites (tertiary alicyclic amines) is 1. The molecule has 1 unspecified atom stereocenters. The lowest BCUT2D eigenvalue weighted by atomic mass is 9.85. The molecule has 0 amide bonds. The molecule has 3 nitrogen and oxygen atoms in total. The lowest BCUT2D eigenvalue weighted by molar-refractivity contribution is 0.0750. The van der Waals surface area contributed by atoms with Gasteiger partial charge in [0.2, 0.25) is 0 Å². The normalized spacial score (nSPS) is 16.6. The van der Waals surface area contributed by atoms with Crippen molar-refractivity contribution < 1.29 is 0 Å². The molecule has 1 fully saturated rings. The minimum atomic E-state index is 0.0804. The maximum Gasteiger partial charge on any atom is 0.0734 e. The lowest BCUT2D eigenvalue weighted by Crippen LogP contribution is -2.46. The van der Waals surface area contributed by atoms with E-state index in [1.807, 2.05) is 25.2 Å². The summed E-state index contributed by atoms with van der Waals surface area (Å²) in [6, 6.07) is 11.0. The summed E-state index contributed by atoms with van der Waals surface area (Å²) in [5.74, 6) is 0. The first kappa shape index (κ1) is 27.3. The fraction of sp³-hybridized carbons (Fsp3) is 0.333. The zero-order valence-corrected chi connectivity index (χ0v) is 23.7. The molecule has 1 aliphatic heterocycles. The highest BCUT2D eigenvalue weighted by atomic mass is 79.9. The Balaban J connectivity index is 1.68. The third kappa shape index (κ3) is 6.87. The first-order chi connectivity index (χ1) is 16.8. The second kappa shape index (κ2) is 12.6. The van der Waals surface area contributed by atoms with Crippen molar-refractivity contribution >= 4 is 44.3 Å². The van der Waals surface area contributed by atoms with E-state index in [1.165, 1.54) is 37.9 Å². The van der Waals surface area contributed by atoms with Crippen molar-refractivity contribution in [1.82, 2.24) is 10.2 Å². The molecule has 0 aliphatic carbocycles. The number of anilines is 1. The molecule has 3 rings (SSSR count). The van der Waals surface area contributed by atoms with Gasteiger partial charge in [0, 0.05) is 21.4 Å². The number of nitrogens with one attached hydrogen (secondary N) is 2. The van der Waals surface area contributed by atoms with E-state index in [9.17, 15) is 0 Å². The smallest absolute Gasteiger partial charge is 0.0734 e. The van der Waals surface area contributed by atoms with Crippen LogP contribution in [0.2, 0.25) is 0 Å². The Morgan fingerprint density at radius 3 is 2.37 bits per heavy atom. The molecule has 2 heterocycles. The number of halogens is 1. The molecule has 0 spiro atoms. The lowest BCUT2D eigenvalue weighted by Gasteiger charge is -2.43. The maximum atomic E-state index is 4.31. The SMILES string of the molecule is C=C(/C=C\C(Br)=C/C)NC(=C)c1sccc1NC(=C)c1ccc(C(C)(CC)N2CCCCC2)cc1. The summed E-state index contributed by atoms with van der Waals surface area (Å²) in [7, 11) is 0. The van der Waals surface area contributed by atoms with Crippen molar-refractivity contribution in [2.24, 2.45) is 0 Å². The van der Waals surface area contributed by atoms with Crippen LogP contribution in [-0.4, -0.2) is 18.0 Å². The predicted molar refractivity (Wildman–Crippen MR) is 160 cm³/mol. The van der Waals surface area contributed by atoms with Crippen molar-refractivity contribution in [3.63, 3.8) is 0 Å². The zero-order chi connectivity index (χ0) is 25.4. The van der Waals surface area contributed by atoms with Crippen molar-refractivity contribution in [3.8, 4) is 0 Å². The number of piperidine rings is 1. The predicted octanol–water partition coefficient (Wildman–Crippen LogP) is 8.87. The van der Waals surface area contributed by atoms with Gasteiger partial charge in [-0.15, -0.1) is 11.3 Å². The summed E-state index contributed by atoms with van der Waals surface area (Å²) in [4.78, 5) is 3.70. The standard InChI is InChI=1S/C30H38BrN3S/c1-7-27(31)17-12-22(3)32-24(5)29-28(18-21-35-29)33-23(4)25-13-15-26(16-14-25)30(6,8-2)34-19-10-9-11-20-34/h7,12-18,21,32-33H,3-5,8-11,19-20H2,1-2,6H3/b17-12-,27-7+. The van der Waals surface area contributed by atoms with Gasteiger partial charge in [-0.1, -0.05) is 79.4 Å². The molecular formula is C30H38BrN3S. The van der Waals surface area contributed by atoms with Gasteiger partial charge in [-0.05, 0) is 80.9 Å². The molecule has 1 atom stereocenters. The van der Waals surface area contributed by atoms with Gasteiger partial charge in [0.1, 0.15) is 0 Å². The van der Waals surface area contributed by atoms with Crippen LogP contribution in [-0.2, 0) is 5.54 Å². The van der Waals surface area contributed by atoms with Crippen LogP contribution in [0.5, 0.6) is 0 Å². The van der Waals surface area contributed by atoms with E-state index in [-0.39, 0.29) is 5.54 Å². The first-order valence-corrected chi connectivity index (χ1v) is 14.0. The molecule has 1 aromatic carbocycles. The summed E-state index contributed by atoms with van der Waals surface area (Å²) in [5.41, 5.74) is 5.98. The summed E-state index contributed by atoms with van der Waals surface area (Å²) in [6.45, 7) is 21.6. The summed E-state index contributed by atoms with van der Waals surface area (Å²) < 4.78 is 1.00. The van der Waals surface area contributed by atoms with Crippen LogP contribution < -0.4 is 10.6 Å². The van der Waals surface area contributed by atoms with E-state index in [0.29, 0.717) is 0 Å². The van der Waals surface area contributed by atoms with Crippen molar-refractivity contribution in [1.29, 1.82) is 0 Å². The van der Waals surface area contributed by atoms with Crippen LogP contribution in [0.15, 0.2) is 83.9 Å². The van der Waals surface area contributed by atoms with Crippen LogP contribution in [0.25, 0.3) is 11.4 Å². The quantitative estimate of drug-likeness (QED) is 0.273. The molecule has 35 heavy (non-hydrogen) atoms. The number of nitrogens with zero attached hydrogens (tertiary/aromatic N) is 1. The average molecular weight is 553 g/mol. The fourth-order valence-electron chi connectivity index (χ4n) is 4.47. The molecule has 1 aromatic heterocycles. The Hall–Kier alpha value is -2.34. The van der Waals surface area contributed by atoms with Gasteiger partial charge in [0.05, 0.1) is 16.3 Å². The molecule has 2 N–H and O–H groups in total. The molecule has 0 saturated carbocycles. The zero-order valence-electron chi connectivity index (χ0n) is 21.3. The van der Waals surface area contributed by atoms with Crippen LogP contribution in [0.3, 0.4) is 0 Å². The second-order valence-corrected chi connectivity index (χ2v) is 11.0. The number of hydrogen-bond donors (Lipinski definition) is 2. The van der Waals surface area contributed by atoms with E-state index < -0.39 is 0 Å². The molecule has 186 valence electrons. The van der Waals surface area contributed by atoms with Gasteiger partial charge in [0.15, 0.2) is 0 Å². The summed E-state index contributed by atoms with van der Waals surface area (Å²) >= 11 is 5.11. The minimum Gasteiger partial charge on any atom is -0.355 e. The molecule has 0 radical (unpaired) electrons. The van der Waals surface area contributed by atoms with Crippen molar-refractivity contribution in [3.05, 3.63) is 99.9 Å². The topological polar surface area (TPSA) is 27.3 Å². The van der Waals surface area contributed by atoms with Gasteiger partial charge in [-0.3, -0.25) is 4.90 Å². The molecule has 5 heteroatoms. The van der Waals surface area contributed by atoms with Crippen molar-refractivity contribution in [2.45, 2.75) is 52.0 Å². The van der Waals surface area contributed by atoms with Gasteiger partial charge in [0.25, 0.3) is 0 Å². The Morgan fingerprint density at radius 1 is 1.06 bits per heavy atom. The fourth-order valence-corrected chi connectivity index (χ4v) is 5.38. The number of rotatable bonds is 11. The number of benzene rings is 1. The Labute approximate surface area is 224 Å².